The van der Waals surface area contributed by atoms with Crippen LogP contribution < -0.4 is 5.73 Å². The lowest BCUT2D eigenvalue weighted by Gasteiger charge is -2.15. The van der Waals surface area contributed by atoms with Gasteiger partial charge in [0.1, 0.15) is 5.82 Å². The van der Waals surface area contributed by atoms with E-state index in [1.54, 1.807) is 0 Å². The van der Waals surface area contributed by atoms with Crippen LogP contribution in [0.1, 0.15) is 11.3 Å². The number of hydrogen-bond acceptors (Lipinski definition) is 4. The molecule has 0 aliphatic carbocycles. The maximum absolute atomic E-state index is 12.8. The number of aromatic nitrogens is 1. The molecule has 0 unspecified atom stereocenters. The van der Waals surface area contributed by atoms with Gasteiger partial charge in [-0.15, -0.1) is 11.3 Å². The molecule has 3 nitrogen and oxygen atoms in total. The quantitative estimate of drug-likeness (QED) is 0.903. The number of halogens is 1. The van der Waals surface area contributed by atoms with Crippen molar-refractivity contribution in [3.05, 3.63) is 46.7 Å². The lowest BCUT2D eigenvalue weighted by atomic mass is 10.2. The number of nitrogen functional groups attached to an aromatic ring is 1. The minimum absolute atomic E-state index is 0.195. The third-order valence-electron chi connectivity index (χ3n) is 2.68. The van der Waals surface area contributed by atoms with Gasteiger partial charge in [0.15, 0.2) is 5.13 Å². The Hall–Kier alpha value is -1.46. The summed E-state index contributed by atoms with van der Waals surface area (Å²) in [5.41, 5.74) is 7.72. The first kappa shape index (κ1) is 13.0. The Morgan fingerprint density at radius 3 is 2.67 bits per heavy atom. The summed E-state index contributed by atoms with van der Waals surface area (Å²) in [5, 5.41) is 2.60. The zero-order chi connectivity index (χ0) is 13.0. The third-order valence-corrected chi connectivity index (χ3v) is 3.41. The SMILES string of the molecule is CN(CCc1csc(N)n1)Cc1ccc(F)cc1. The van der Waals surface area contributed by atoms with E-state index in [4.69, 9.17) is 5.73 Å². The highest BCUT2D eigenvalue weighted by molar-refractivity contribution is 7.13. The van der Waals surface area contributed by atoms with Gasteiger partial charge in [-0.1, -0.05) is 12.1 Å². The van der Waals surface area contributed by atoms with E-state index in [0.717, 1.165) is 30.8 Å². The van der Waals surface area contributed by atoms with Crippen LogP contribution in [0.4, 0.5) is 9.52 Å². The lowest BCUT2D eigenvalue weighted by molar-refractivity contribution is 0.330. The molecule has 1 aromatic carbocycles. The standard InChI is InChI=1S/C13H16FN3S/c1-17(7-6-12-9-18-13(15)16-12)8-10-2-4-11(14)5-3-10/h2-5,9H,6-8H2,1H3,(H2,15,16). The summed E-state index contributed by atoms with van der Waals surface area (Å²) in [5.74, 6) is -0.195. The molecule has 2 N–H and O–H groups in total. The smallest absolute Gasteiger partial charge is 0.180 e. The maximum Gasteiger partial charge on any atom is 0.180 e. The van der Waals surface area contributed by atoms with Crippen molar-refractivity contribution in [2.75, 3.05) is 19.3 Å². The molecule has 1 aromatic heterocycles. The van der Waals surface area contributed by atoms with Crippen LogP contribution in [0.2, 0.25) is 0 Å². The Bertz CT molecular complexity index is 495. The van der Waals surface area contributed by atoms with Crippen molar-refractivity contribution in [2.45, 2.75) is 13.0 Å². The van der Waals surface area contributed by atoms with Gasteiger partial charge in [-0.2, -0.15) is 0 Å². The van der Waals surface area contributed by atoms with Crippen molar-refractivity contribution in [2.24, 2.45) is 0 Å². The van der Waals surface area contributed by atoms with Gasteiger partial charge >= 0.3 is 0 Å². The Kier molecular flexibility index (Phi) is 4.28. The van der Waals surface area contributed by atoms with Crippen LogP contribution >= 0.6 is 11.3 Å². The molecule has 0 atom stereocenters. The Morgan fingerprint density at radius 1 is 1.33 bits per heavy atom. The first-order valence-electron chi connectivity index (χ1n) is 5.76. The van der Waals surface area contributed by atoms with Gasteiger partial charge in [-0.25, -0.2) is 9.37 Å². The van der Waals surface area contributed by atoms with E-state index in [9.17, 15) is 4.39 Å². The number of likely N-dealkylation sites (N-methyl/N-ethyl adjacent to an activating group) is 1. The average Bonchev–Trinajstić information content (AvgIpc) is 2.76. The second-order valence-electron chi connectivity index (χ2n) is 4.29. The van der Waals surface area contributed by atoms with Crippen LogP contribution in [-0.4, -0.2) is 23.5 Å². The summed E-state index contributed by atoms with van der Waals surface area (Å²) in [4.78, 5) is 6.40. The second kappa shape index (κ2) is 5.93. The molecule has 2 rings (SSSR count). The highest BCUT2D eigenvalue weighted by atomic mass is 32.1. The average molecular weight is 265 g/mol. The van der Waals surface area contributed by atoms with E-state index in [-0.39, 0.29) is 5.82 Å². The second-order valence-corrected chi connectivity index (χ2v) is 5.18. The number of nitrogens with zero attached hydrogens (tertiary/aromatic N) is 2. The summed E-state index contributed by atoms with van der Waals surface area (Å²) in [6.07, 6.45) is 0.880. The van der Waals surface area contributed by atoms with Crippen LogP contribution in [0, 0.1) is 5.82 Å². The van der Waals surface area contributed by atoms with Gasteiger partial charge in [-0.05, 0) is 24.7 Å². The highest BCUT2D eigenvalue weighted by Gasteiger charge is 2.03. The number of nitrogens with two attached hydrogens (primary N) is 1. The highest BCUT2D eigenvalue weighted by Crippen LogP contribution is 2.12. The molecule has 0 aliphatic heterocycles. The van der Waals surface area contributed by atoms with Crippen LogP contribution in [0.25, 0.3) is 0 Å². The summed E-state index contributed by atoms with van der Waals surface area (Å²) in [7, 11) is 2.04. The van der Waals surface area contributed by atoms with E-state index in [1.807, 2.05) is 24.6 Å². The fraction of sp³-hybridized carbons (Fsp3) is 0.308. The Morgan fingerprint density at radius 2 is 2.06 bits per heavy atom. The molecule has 18 heavy (non-hydrogen) atoms. The van der Waals surface area contributed by atoms with Gasteiger partial charge in [-0.3, -0.25) is 0 Å². The fourth-order valence-electron chi connectivity index (χ4n) is 1.72. The molecule has 0 aliphatic rings. The van der Waals surface area contributed by atoms with Crippen molar-refractivity contribution >= 4 is 16.5 Å². The molecule has 2 aromatic rings. The van der Waals surface area contributed by atoms with Gasteiger partial charge in [0.2, 0.25) is 0 Å². The van der Waals surface area contributed by atoms with E-state index in [2.05, 4.69) is 9.88 Å². The molecule has 0 fully saturated rings. The molecule has 1 heterocycles. The van der Waals surface area contributed by atoms with E-state index < -0.39 is 0 Å². The van der Waals surface area contributed by atoms with E-state index in [1.165, 1.54) is 23.5 Å². The van der Waals surface area contributed by atoms with Crippen molar-refractivity contribution in [1.29, 1.82) is 0 Å². The molecule has 0 amide bonds. The van der Waals surface area contributed by atoms with Gasteiger partial charge in [0.25, 0.3) is 0 Å². The van der Waals surface area contributed by atoms with E-state index in [0.29, 0.717) is 5.13 Å². The largest absolute Gasteiger partial charge is 0.375 e. The molecular weight excluding hydrogens is 249 g/mol. The number of anilines is 1. The van der Waals surface area contributed by atoms with Crippen molar-refractivity contribution in [1.82, 2.24) is 9.88 Å². The molecule has 96 valence electrons. The third kappa shape index (κ3) is 3.78. The zero-order valence-electron chi connectivity index (χ0n) is 10.3. The molecule has 0 spiro atoms. The topological polar surface area (TPSA) is 42.1 Å². The maximum atomic E-state index is 12.8. The first-order valence-corrected chi connectivity index (χ1v) is 6.64. The molecule has 0 saturated carbocycles. The predicted molar refractivity (Wildman–Crippen MR) is 73.0 cm³/mol. The fourth-order valence-corrected chi connectivity index (χ4v) is 2.32. The van der Waals surface area contributed by atoms with E-state index >= 15 is 0 Å². The Balaban J connectivity index is 1.81. The number of hydrogen-bond donors (Lipinski definition) is 1. The van der Waals surface area contributed by atoms with Crippen LogP contribution in [0.5, 0.6) is 0 Å². The number of benzene rings is 1. The summed E-state index contributed by atoms with van der Waals surface area (Å²) in [6, 6.07) is 6.61. The Labute approximate surface area is 110 Å². The zero-order valence-corrected chi connectivity index (χ0v) is 11.1. The molecular formula is C13H16FN3S. The molecule has 0 saturated heterocycles. The normalized spacial score (nSPS) is 11.1. The molecule has 5 heteroatoms. The van der Waals surface area contributed by atoms with Gasteiger partial charge in [0.05, 0.1) is 5.69 Å². The van der Waals surface area contributed by atoms with Gasteiger partial charge < -0.3 is 10.6 Å². The molecule has 0 bridgehead atoms. The minimum Gasteiger partial charge on any atom is -0.375 e. The van der Waals surface area contributed by atoms with Crippen molar-refractivity contribution < 1.29 is 4.39 Å². The monoisotopic (exact) mass is 265 g/mol. The number of thiazole rings is 1. The van der Waals surface area contributed by atoms with Crippen molar-refractivity contribution in [3.8, 4) is 0 Å². The summed E-state index contributed by atoms with van der Waals surface area (Å²) >= 11 is 1.47. The van der Waals surface area contributed by atoms with Crippen molar-refractivity contribution in [3.63, 3.8) is 0 Å². The summed E-state index contributed by atoms with van der Waals surface area (Å²) < 4.78 is 12.8. The van der Waals surface area contributed by atoms with Crippen LogP contribution in [0.15, 0.2) is 29.6 Å². The number of rotatable bonds is 5. The lowest BCUT2D eigenvalue weighted by Crippen LogP contribution is -2.20. The summed E-state index contributed by atoms with van der Waals surface area (Å²) in [6.45, 7) is 1.71. The van der Waals surface area contributed by atoms with Gasteiger partial charge in [0, 0.05) is 24.9 Å². The first-order chi connectivity index (χ1) is 8.63. The van der Waals surface area contributed by atoms with Crippen LogP contribution in [-0.2, 0) is 13.0 Å². The molecule has 0 radical (unpaired) electrons. The van der Waals surface area contributed by atoms with Crippen LogP contribution in [0.3, 0.4) is 0 Å². The predicted octanol–water partition coefficient (Wildman–Crippen LogP) is 2.54. The minimum atomic E-state index is -0.195.